The Labute approximate surface area is 105 Å². The van der Waals surface area contributed by atoms with E-state index >= 15 is 0 Å². The molecule has 0 aliphatic carbocycles. The van der Waals surface area contributed by atoms with Gasteiger partial charge in [0.25, 0.3) is 0 Å². The normalized spacial score (nSPS) is 10.5. The van der Waals surface area contributed by atoms with Gasteiger partial charge in [-0.15, -0.1) is 11.3 Å². The first-order valence-electron chi connectivity index (χ1n) is 5.64. The lowest BCUT2D eigenvalue weighted by molar-refractivity contribution is 0.711. The molecule has 0 fully saturated rings. The molecular formula is C12H16N4S. The third kappa shape index (κ3) is 3.51. The van der Waals surface area contributed by atoms with Gasteiger partial charge in [-0.2, -0.15) is 0 Å². The van der Waals surface area contributed by atoms with Crippen molar-refractivity contribution < 1.29 is 0 Å². The van der Waals surface area contributed by atoms with Crippen LogP contribution in [0, 0.1) is 6.92 Å². The average molecular weight is 248 g/mol. The van der Waals surface area contributed by atoms with Gasteiger partial charge < -0.3 is 10.6 Å². The third-order valence-electron chi connectivity index (χ3n) is 2.22. The summed E-state index contributed by atoms with van der Waals surface area (Å²) in [7, 11) is 0. The molecule has 17 heavy (non-hydrogen) atoms. The Balaban J connectivity index is 2.05. The van der Waals surface area contributed by atoms with E-state index in [9.17, 15) is 0 Å². The van der Waals surface area contributed by atoms with Crippen molar-refractivity contribution in [1.29, 1.82) is 0 Å². The van der Waals surface area contributed by atoms with Gasteiger partial charge in [0.1, 0.15) is 5.82 Å². The van der Waals surface area contributed by atoms with E-state index < -0.39 is 0 Å². The second kappa shape index (κ2) is 5.75. The first kappa shape index (κ1) is 12.0. The molecule has 2 heterocycles. The van der Waals surface area contributed by atoms with Crippen molar-refractivity contribution in [3.8, 4) is 0 Å². The van der Waals surface area contributed by atoms with Crippen LogP contribution in [0.1, 0.15) is 17.5 Å². The lowest BCUT2D eigenvalue weighted by atomic mass is 10.3. The molecule has 2 aromatic heterocycles. The number of thiazole rings is 1. The number of hydrogen-bond acceptors (Lipinski definition) is 5. The van der Waals surface area contributed by atoms with Gasteiger partial charge in [0.2, 0.25) is 0 Å². The first-order chi connectivity index (χ1) is 8.28. The highest BCUT2D eigenvalue weighted by Crippen LogP contribution is 2.20. The molecule has 2 aromatic rings. The third-order valence-corrected chi connectivity index (χ3v) is 3.05. The standard InChI is InChI=1S/C12H16N4S/c1-3-13-8-10-5-4-6-11(15-10)16-12-14-7-9(2)17-12/h4-7,13H,3,8H2,1-2H3,(H,14,15,16). The highest BCUT2D eigenvalue weighted by atomic mass is 32.1. The average Bonchev–Trinajstić information content (AvgIpc) is 2.73. The Bertz CT molecular complexity index is 481. The largest absolute Gasteiger partial charge is 0.316 e. The maximum absolute atomic E-state index is 4.51. The van der Waals surface area contributed by atoms with Crippen LogP contribution in [0.3, 0.4) is 0 Å². The Morgan fingerprint density at radius 3 is 2.94 bits per heavy atom. The van der Waals surface area contributed by atoms with Crippen LogP contribution in [0.4, 0.5) is 10.9 Å². The van der Waals surface area contributed by atoms with Crippen molar-refractivity contribution in [2.24, 2.45) is 0 Å². The Hall–Kier alpha value is -1.46. The first-order valence-corrected chi connectivity index (χ1v) is 6.45. The minimum Gasteiger partial charge on any atom is -0.316 e. The topological polar surface area (TPSA) is 49.8 Å². The molecule has 0 saturated heterocycles. The molecule has 0 aromatic carbocycles. The van der Waals surface area contributed by atoms with Gasteiger partial charge in [0.05, 0.1) is 5.69 Å². The van der Waals surface area contributed by atoms with Crippen LogP contribution >= 0.6 is 11.3 Å². The maximum atomic E-state index is 4.51. The highest BCUT2D eigenvalue weighted by Gasteiger charge is 2.01. The van der Waals surface area contributed by atoms with Crippen molar-refractivity contribution >= 4 is 22.3 Å². The zero-order chi connectivity index (χ0) is 12.1. The summed E-state index contributed by atoms with van der Waals surface area (Å²) in [5.74, 6) is 0.842. The SMILES string of the molecule is CCNCc1cccc(Nc2ncc(C)s2)n1. The summed E-state index contributed by atoms with van der Waals surface area (Å²) in [4.78, 5) is 9.95. The lowest BCUT2D eigenvalue weighted by Crippen LogP contribution is -2.13. The van der Waals surface area contributed by atoms with E-state index in [0.717, 1.165) is 29.7 Å². The van der Waals surface area contributed by atoms with Gasteiger partial charge in [-0.1, -0.05) is 13.0 Å². The minimum atomic E-state index is 0.795. The van der Waals surface area contributed by atoms with Crippen LogP contribution in [-0.2, 0) is 6.54 Å². The molecule has 4 nitrogen and oxygen atoms in total. The monoisotopic (exact) mass is 248 g/mol. The fraction of sp³-hybridized carbons (Fsp3) is 0.333. The molecule has 0 radical (unpaired) electrons. The lowest BCUT2D eigenvalue weighted by Gasteiger charge is -2.05. The molecule has 0 aliphatic heterocycles. The predicted molar refractivity (Wildman–Crippen MR) is 71.8 cm³/mol. The second-order valence-electron chi connectivity index (χ2n) is 3.70. The van der Waals surface area contributed by atoms with E-state index in [4.69, 9.17) is 0 Å². The van der Waals surface area contributed by atoms with E-state index in [2.05, 4.69) is 27.5 Å². The van der Waals surface area contributed by atoms with Crippen LogP contribution in [0.2, 0.25) is 0 Å². The minimum absolute atomic E-state index is 0.795. The van der Waals surface area contributed by atoms with Crippen LogP contribution in [0.5, 0.6) is 0 Å². The Morgan fingerprint density at radius 2 is 2.24 bits per heavy atom. The maximum Gasteiger partial charge on any atom is 0.188 e. The van der Waals surface area contributed by atoms with Gasteiger partial charge in [-0.05, 0) is 25.6 Å². The van der Waals surface area contributed by atoms with E-state index in [-0.39, 0.29) is 0 Å². The molecule has 0 amide bonds. The van der Waals surface area contributed by atoms with Crippen LogP contribution in [0.25, 0.3) is 0 Å². The van der Waals surface area contributed by atoms with Crippen LogP contribution < -0.4 is 10.6 Å². The van der Waals surface area contributed by atoms with Gasteiger partial charge in [0, 0.05) is 17.6 Å². The van der Waals surface area contributed by atoms with Gasteiger partial charge in [0.15, 0.2) is 5.13 Å². The zero-order valence-electron chi connectivity index (χ0n) is 10.0. The summed E-state index contributed by atoms with van der Waals surface area (Å²) in [5.41, 5.74) is 1.03. The van der Waals surface area contributed by atoms with Crippen molar-refractivity contribution in [1.82, 2.24) is 15.3 Å². The number of nitrogens with zero attached hydrogens (tertiary/aromatic N) is 2. The van der Waals surface area contributed by atoms with Crippen molar-refractivity contribution in [3.63, 3.8) is 0 Å². The van der Waals surface area contributed by atoms with Crippen molar-refractivity contribution in [2.75, 3.05) is 11.9 Å². The quantitative estimate of drug-likeness (QED) is 0.854. The van der Waals surface area contributed by atoms with E-state index in [0.29, 0.717) is 0 Å². The molecule has 2 rings (SSSR count). The predicted octanol–water partition coefficient (Wildman–Crippen LogP) is 2.70. The fourth-order valence-electron chi connectivity index (χ4n) is 1.42. The molecular weight excluding hydrogens is 232 g/mol. The Kier molecular flexibility index (Phi) is 4.06. The summed E-state index contributed by atoms with van der Waals surface area (Å²) >= 11 is 1.63. The molecule has 0 aliphatic rings. The molecule has 0 atom stereocenters. The smallest absolute Gasteiger partial charge is 0.188 e. The Morgan fingerprint density at radius 1 is 1.35 bits per heavy atom. The van der Waals surface area contributed by atoms with Crippen LogP contribution in [-0.4, -0.2) is 16.5 Å². The number of pyridine rings is 1. The number of aromatic nitrogens is 2. The number of hydrogen-bond donors (Lipinski definition) is 2. The summed E-state index contributed by atoms with van der Waals surface area (Å²) in [6, 6.07) is 5.97. The van der Waals surface area contributed by atoms with Crippen molar-refractivity contribution in [3.05, 3.63) is 35.0 Å². The van der Waals surface area contributed by atoms with E-state index in [1.165, 1.54) is 4.88 Å². The van der Waals surface area contributed by atoms with E-state index in [1.54, 1.807) is 11.3 Å². The number of nitrogens with one attached hydrogen (secondary N) is 2. The molecule has 0 saturated carbocycles. The number of anilines is 2. The molecule has 0 bridgehead atoms. The molecule has 0 unspecified atom stereocenters. The van der Waals surface area contributed by atoms with Crippen LogP contribution in [0.15, 0.2) is 24.4 Å². The number of rotatable bonds is 5. The summed E-state index contributed by atoms with van der Waals surface area (Å²) in [6.07, 6.45) is 1.86. The summed E-state index contributed by atoms with van der Waals surface area (Å²) < 4.78 is 0. The zero-order valence-corrected chi connectivity index (χ0v) is 10.8. The molecule has 5 heteroatoms. The highest BCUT2D eigenvalue weighted by molar-refractivity contribution is 7.15. The van der Waals surface area contributed by atoms with E-state index in [1.807, 2.05) is 31.3 Å². The number of aryl methyl sites for hydroxylation is 1. The van der Waals surface area contributed by atoms with Crippen molar-refractivity contribution in [2.45, 2.75) is 20.4 Å². The molecule has 2 N–H and O–H groups in total. The second-order valence-corrected chi connectivity index (χ2v) is 4.93. The summed E-state index contributed by atoms with van der Waals surface area (Å²) in [5, 5.41) is 7.35. The summed E-state index contributed by atoms with van der Waals surface area (Å²) in [6.45, 7) is 5.87. The molecule has 90 valence electrons. The van der Waals surface area contributed by atoms with Gasteiger partial charge in [-0.3, -0.25) is 0 Å². The fourth-order valence-corrected chi connectivity index (χ4v) is 2.09. The molecule has 0 spiro atoms. The van der Waals surface area contributed by atoms with Gasteiger partial charge >= 0.3 is 0 Å². The van der Waals surface area contributed by atoms with Gasteiger partial charge in [-0.25, -0.2) is 9.97 Å².